The predicted octanol–water partition coefficient (Wildman–Crippen LogP) is 3.66. The van der Waals surface area contributed by atoms with Crippen molar-refractivity contribution in [3.63, 3.8) is 0 Å². The molecule has 0 N–H and O–H groups in total. The van der Waals surface area contributed by atoms with Gasteiger partial charge in [0.15, 0.2) is 0 Å². The summed E-state index contributed by atoms with van der Waals surface area (Å²) in [6.07, 6.45) is 0. The Morgan fingerprint density at radius 1 is 0.950 bits per heavy atom. The maximum Gasteiger partial charge on any atom is 0.242 e. The maximum absolute atomic E-state index is 12.6. The average molecular weight is 264 g/mol. The number of fused-ring (bicyclic) bond motifs is 1. The van der Waals surface area contributed by atoms with Crippen LogP contribution in [0.4, 0.5) is 0 Å². The molecule has 3 aromatic rings. The number of para-hydroxylation sites is 2. The first-order valence-corrected chi connectivity index (χ1v) is 6.76. The summed E-state index contributed by atoms with van der Waals surface area (Å²) in [5.74, 6) is 0.111. The van der Waals surface area contributed by atoms with Crippen molar-refractivity contribution in [2.45, 2.75) is 19.8 Å². The van der Waals surface area contributed by atoms with E-state index in [9.17, 15) is 5.21 Å². The summed E-state index contributed by atoms with van der Waals surface area (Å²) >= 11 is 0. The highest BCUT2D eigenvalue weighted by molar-refractivity contribution is 5.75. The van der Waals surface area contributed by atoms with Gasteiger partial charge >= 0.3 is 0 Å². The molecule has 3 heteroatoms. The van der Waals surface area contributed by atoms with Crippen molar-refractivity contribution < 1.29 is 4.73 Å². The number of benzene rings is 2. The Kier molecular flexibility index (Phi) is 3.11. The molecule has 0 amide bonds. The van der Waals surface area contributed by atoms with Crippen LogP contribution in [0.25, 0.3) is 22.3 Å². The molecule has 100 valence electrons. The first-order chi connectivity index (χ1) is 9.68. The van der Waals surface area contributed by atoms with Crippen molar-refractivity contribution in [3.8, 4) is 11.3 Å². The summed E-state index contributed by atoms with van der Waals surface area (Å²) in [7, 11) is 0. The zero-order valence-corrected chi connectivity index (χ0v) is 11.6. The number of aromatic nitrogens is 2. The van der Waals surface area contributed by atoms with E-state index in [4.69, 9.17) is 4.98 Å². The molecule has 0 aliphatic carbocycles. The monoisotopic (exact) mass is 264 g/mol. The van der Waals surface area contributed by atoms with Gasteiger partial charge in [0.05, 0.1) is 0 Å². The van der Waals surface area contributed by atoms with Crippen LogP contribution in [0.3, 0.4) is 0 Å². The summed E-state index contributed by atoms with van der Waals surface area (Å²) in [5, 5.41) is 12.6. The van der Waals surface area contributed by atoms with Crippen LogP contribution in [0.2, 0.25) is 0 Å². The highest BCUT2D eigenvalue weighted by Gasteiger charge is 2.22. The van der Waals surface area contributed by atoms with E-state index in [0.717, 1.165) is 27.2 Å². The van der Waals surface area contributed by atoms with Gasteiger partial charge in [-0.1, -0.05) is 56.3 Å². The maximum atomic E-state index is 12.6. The number of nitrogens with zero attached hydrogens (tertiary/aromatic N) is 2. The molecule has 0 saturated carbocycles. The number of rotatable bonds is 2. The van der Waals surface area contributed by atoms with E-state index in [1.807, 2.05) is 68.4 Å². The van der Waals surface area contributed by atoms with Crippen LogP contribution in [-0.2, 0) is 0 Å². The Morgan fingerprint density at radius 2 is 1.60 bits per heavy atom. The molecule has 3 nitrogen and oxygen atoms in total. The van der Waals surface area contributed by atoms with Gasteiger partial charge in [-0.05, 0) is 6.07 Å². The van der Waals surface area contributed by atoms with Gasteiger partial charge in [0.25, 0.3) is 0 Å². The third-order valence-electron chi connectivity index (χ3n) is 3.39. The smallest absolute Gasteiger partial charge is 0.242 e. The van der Waals surface area contributed by atoms with Crippen LogP contribution in [0.5, 0.6) is 0 Å². The molecule has 0 bridgehead atoms. The van der Waals surface area contributed by atoms with Gasteiger partial charge in [0.1, 0.15) is 11.2 Å². The lowest BCUT2D eigenvalue weighted by Gasteiger charge is -2.14. The first-order valence-electron chi connectivity index (χ1n) is 6.76. The van der Waals surface area contributed by atoms with Crippen LogP contribution in [0.1, 0.15) is 25.5 Å². The predicted molar refractivity (Wildman–Crippen MR) is 80.2 cm³/mol. The van der Waals surface area contributed by atoms with Gasteiger partial charge in [-0.2, -0.15) is 4.73 Å². The molecule has 0 aliphatic heterocycles. The molecular formula is C17H16N2O. The average Bonchev–Trinajstić information content (AvgIpc) is 2.47. The summed E-state index contributed by atoms with van der Waals surface area (Å²) in [6.45, 7) is 4.04. The second-order valence-electron chi connectivity index (χ2n) is 5.15. The van der Waals surface area contributed by atoms with Gasteiger partial charge in [-0.15, -0.1) is 0 Å². The number of hydrogen-bond acceptors (Lipinski definition) is 2. The molecular weight excluding hydrogens is 248 g/mol. The molecule has 0 spiro atoms. The van der Waals surface area contributed by atoms with Crippen LogP contribution in [0, 0.1) is 5.21 Å². The molecule has 0 saturated heterocycles. The van der Waals surface area contributed by atoms with Gasteiger partial charge < -0.3 is 5.21 Å². The van der Waals surface area contributed by atoms with Crippen molar-refractivity contribution in [3.05, 3.63) is 65.5 Å². The highest BCUT2D eigenvalue weighted by Crippen LogP contribution is 2.26. The Hall–Kier alpha value is -2.42. The molecule has 1 heterocycles. The van der Waals surface area contributed by atoms with Crippen LogP contribution < -0.4 is 4.73 Å². The molecule has 0 unspecified atom stereocenters. The van der Waals surface area contributed by atoms with E-state index in [1.165, 1.54) is 0 Å². The summed E-state index contributed by atoms with van der Waals surface area (Å²) in [4.78, 5) is 4.71. The highest BCUT2D eigenvalue weighted by atomic mass is 16.5. The minimum absolute atomic E-state index is 0.111. The minimum atomic E-state index is 0.111. The molecule has 1 aromatic heterocycles. The van der Waals surface area contributed by atoms with Gasteiger partial charge in [-0.3, -0.25) is 0 Å². The minimum Gasteiger partial charge on any atom is -0.618 e. The van der Waals surface area contributed by atoms with Crippen molar-refractivity contribution in [2.75, 3.05) is 0 Å². The largest absolute Gasteiger partial charge is 0.618 e. The second-order valence-corrected chi connectivity index (χ2v) is 5.15. The standard InChI is InChI=1S/C17H16N2O/c1-12(2)17-16(13-8-4-3-5-9-13)18-14-10-6-7-11-15(14)19(17)20/h3-12H,1-2H3. The summed E-state index contributed by atoms with van der Waals surface area (Å²) in [5.41, 5.74) is 3.82. The van der Waals surface area contributed by atoms with Crippen molar-refractivity contribution >= 4 is 11.0 Å². The van der Waals surface area contributed by atoms with E-state index in [1.54, 1.807) is 0 Å². The quantitative estimate of drug-likeness (QED) is 0.523. The zero-order chi connectivity index (χ0) is 14.1. The third kappa shape index (κ3) is 2.01. The molecule has 0 atom stereocenters. The van der Waals surface area contributed by atoms with E-state index >= 15 is 0 Å². The SMILES string of the molecule is CC(C)c1c(-c2ccccc2)nc2ccccc2[n+]1[O-]. The fourth-order valence-electron chi connectivity index (χ4n) is 2.45. The second kappa shape index (κ2) is 4.93. The van der Waals surface area contributed by atoms with Gasteiger partial charge in [0, 0.05) is 17.5 Å². The van der Waals surface area contributed by atoms with E-state index in [-0.39, 0.29) is 5.92 Å². The van der Waals surface area contributed by atoms with Crippen LogP contribution >= 0.6 is 0 Å². The fourth-order valence-corrected chi connectivity index (χ4v) is 2.45. The van der Waals surface area contributed by atoms with Crippen molar-refractivity contribution in [1.82, 2.24) is 4.98 Å². The lowest BCUT2D eigenvalue weighted by Crippen LogP contribution is -2.35. The normalized spacial score (nSPS) is 11.2. The van der Waals surface area contributed by atoms with E-state index in [2.05, 4.69) is 0 Å². The number of hydrogen-bond donors (Lipinski definition) is 0. The fraction of sp³-hybridized carbons (Fsp3) is 0.176. The summed E-state index contributed by atoms with van der Waals surface area (Å²) in [6, 6.07) is 17.3. The van der Waals surface area contributed by atoms with Crippen molar-refractivity contribution in [1.29, 1.82) is 0 Å². The third-order valence-corrected chi connectivity index (χ3v) is 3.39. The van der Waals surface area contributed by atoms with E-state index in [0.29, 0.717) is 5.52 Å². The molecule has 0 aliphatic rings. The molecule has 2 aromatic carbocycles. The Bertz CT molecular complexity index is 752. The molecule has 0 fully saturated rings. The Morgan fingerprint density at radius 3 is 2.30 bits per heavy atom. The van der Waals surface area contributed by atoms with Crippen molar-refractivity contribution in [2.24, 2.45) is 0 Å². The van der Waals surface area contributed by atoms with E-state index < -0.39 is 0 Å². The molecule has 20 heavy (non-hydrogen) atoms. The summed E-state index contributed by atoms with van der Waals surface area (Å²) < 4.78 is 1.02. The van der Waals surface area contributed by atoms with Crippen LogP contribution in [-0.4, -0.2) is 4.98 Å². The first kappa shape index (κ1) is 12.6. The lowest BCUT2D eigenvalue weighted by atomic mass is 10.0. The lowest BCUT2D eigenvalue weighted by molar-refractivity contribution is -0.587. The molecule has 0 radical (unpaired) electrons. The Balaban J connectivity index is 2.38. The molecule has 3 rings (SSSR count). The van der Waals surface area contributed by atoms with Gasteiger partial charge in [0.2, 0.25) is 11.2 Å². The van der Waals surface area contributed by atoms with Crippen LogP contribution in [0.15, 0.2) is 54.6 Å². The zero-order valence-electron chi connectivity index (χ0n) is 11.6. The Labute approximate surface area is 118 Å². The topological polar surface area (TPSA) is 39.8 Å². The van der Waals surface area contributed by atoms with Gasteiger partial charge in [-0.25, -0.2) is 4.98 Å².